The van der Waals surface area contributed by atoms with Gasteiger partial charge in [-0.2, -0.15) is 0 Å². The predicted molar refractivity (Wildman–Crippen MR) is 79.2 cm³/mol. The third kappa shape index (κ3) is 1.91. The van der Waals surface area contributed by atoms with Crippen LogP contribution in [0, 0.1) is 6.92 Å². The van der Waals surface area contributed by atoms with Gasteiger partial charge in [-0.05, 0) is 36.8 Å². The molecule has 3 rings (SSSR count). The van der Waals surface area contributed by atoms with Crippen LogP contribution in [0.1, 0.15) is 5.56 Å². The van der Waals surface area contributed by atoms with Crippen molar-refractivity contribution < 1.29 is 5.11 Å². The van der Waals surface area contributed by atoms with Gasteiger partial charge in [0, 0.05) is 4.47 Å². The fraction of sp³-hybridized carbons (Fsp3) is 0.0714. The first-order valence-corrected chi connectivity index (χ1v) is 7.11. The summed E-state index contributed by atoms with van der Waals surface area (Å²) in [5, 5.41) is 10.8. The zero-order chi connectivity index (χ0) is 12.7. The first-order valence-electron chi connectivity index (χ1n) is 5.50. The van der Waals surface area contributed by atoms with Crippen LogP contribution in [0.2, 0.25) is 0 Å². The molecular formula is C14H10BrNOS. The zero-order valence-corrected chi connectivity index (χ0v) is 12.0. The van der Waals surface area contributed by atoms with Crippen molar-refractivity contribution in [2.75, 3.05) is 0 Å². The van der Waals surface area contributed by atoms with Gasteiger partial charge in [0.15, 0.2) is 0 Å². The molecule has 18 heavy (non-hydrogen) atoms. The Bertz CT molecular complexity index is 736. The summed E-state index contributed by atoms with van der Waals surface area (Å²) >= 11 is 4.94. The highest BCUT2D eigenvalue weighted by atomic mass is 79.9. The van der Waals surface area contributed by atoms with Crippen molar-refractivity contribution in [2.45, 2.75) is 6.92 Å². The van der Waals surface area contributed by atoms with E-state index in [2.05, 4.69) is 27.0 Å². The van der Waals surface area contributed by atoms with Crippen LogP contribution >= 0.6 is 27.3 Å². The number of rotatable bonds is 1. The van der Waals surface area contributed by atoms with E-state index < -0.39 is 0 Å². The molecule has 3 aromatic rings. The number of fused-ring (bicyclic) bond motifs is 1. The fourth-order valence-electron chi connectivity index (χ4n) is 1.89. The number of halogens is 1. The largest absolute Gasteiger partial charge is 0.507 e. The molecule has 1 N–H and O–H groups in total. The lowest BCUT2D eigenvalue weighted by Gasteiger charge is -2.00. The van der Waals surface area contributed by atoms with Crippen molar-refractivity contribution >= 4 is 37.5 Å². The number of thiazole rings is 1. The van der Waals surface area contributed by atoms with Crippen molar-refractivity contribution in [1.82, 2.24) is 4.98 Å². The molecule has 0 spiro atoms. The minimum Gasteiger partial charge on any atom is -0.507 e. The summed E-state index contributed by atoms with van der Waals surface area (Å²) in [5.41, 5.74) is 2.95. The van der Waals surface area contributed by atoms with E-state index in [1.165, 1.54) is 0 Å². The fourth-order valence-corrected chi connectivity index (χ4v) is 3.31. The molecule has 4 heteroatoms. The topological polar surface area (TPSA) is 33.1 Å². The van der Waals surface area contributed by atoms with Gasteiger partial charge in [-0.3, -0.25) is 0 Å². The Balaban J connectivity index is 2.23. The third-order valence-corrected chi connectivity index (χ3v) is 4.36. The number of hydrogen-bond donors (Lipinski definition) is 1. The van der Waals surface area contributed by atoms with Crippen molar-refractivity contribution in [2.24, 2.45) is 0 Å². The summed E-state index contributed by atoms with van der Waals surface area (Å²) in [7, 11) is 0. The highest BCUT2D eigenvalue weighted by Crippen LogP contribution is 2.37. The predicted octanol–water partition coefficient (Wildman–Crippen LogP) is 4.74. The van der Waals surface area contributed by atoms with E-state index >= 15 is 0 Å². The number of aryl methyl sites for hydroxylation is 1. The maximum atomic E-state index is 9.98. The molecule has 0 unspecified atom stereocenters. The van der Waals surface area contributed by atoms with E-state index in [9.17, 15) is 5.11 Å². The molecule has 0 saturated heterocycles. The Hall–Kier alpha value is -1.39. The molecule has 0 bridgehead atoms. The van der Waals surface area contributed by atoms with E-state index in [1.54, 1.807) is 17.4 Å². The van der Waals surface area contributed by atoms with E-state index in [1.807, 2.05) is 31.2 Å². The van der Waals surface area contributed by atoms with E-state index in [0.29, 0.717) is 0 Å². The molecule has 1 heterocycles. The Labute approximate surface area is 117 Å². The highest BCUT2D eigenvalue weighted by Gasteiger charge is 2.11. The van der Waals surface area contributed by atoms with Gasteiger partial charge in [0.2, 0.25) is 0 Å². The lowest BCUT2D eigenvalue weighted by atomic mass is 10.2. The second-order valence-corrected chi connectivity index (χ2v) is 6.05. The molecule has 0 aliphatic carbocycles. The second-order valence-electron chi connectivity index (χ2n) is 4.10. The number of phenols is 1. The Morgan fingerprint density at radius 3 is 2.78 bits per heavy atom. The maximum Gasteiger partial charge on any atom is 0.128 e. The quantitative estimate of drug-likeness (QED) is 0.702. The first kappa shape index (κ1) is 11.7. The molecule has 2 nitrogen and oxygen atoms in total. The zero-order valence-electron chi connectivity index (χ0n) is 9.64. The van der Waals surface area contributed by atoms with Gasteiger partial charge < -0.3 is 5.11 Å². The smallest absolute Gasteiger partial charge is 0.128 e. The van der Waals surface area contributed by atoms with Gasteiger partial charge in [-0.25, -0.2) is 4.98 Å². The van der Waals surface area contributed by atoms with Crippen LogP contribution in [0.15, 0.2) is 40.9 Å². The van der Waals surface area contributed by atoms with Crippen LogP contribution in [0.25, 0.3) is 20.8 Å². The van der Waals surface area contributed by atoms with E-state index in [4.69, 9.17) is 0 Å². The van der Waals surface area contributed by atoms with Crippen LogP contribution < -0.4 is 0 Å². The van der Waals surface area contributed by atoms with E-state index in [-0.39, 0.29) is 5.75 Å². The maximum absolute atomic E-state index is 9.98. The molecule has 90 valence electrons. The number of nitrogens with zero attached hydrogens (tertiary/aromatic N) is 1. The molecule has 0 radical (unpaired) electrons. The van der Waals surface area contributed by atoms with Crippen molar-refractivity contribution in [3.05, 3.63) is 46.4 Å². The lowest BCUT2D eigenvalue weighted by Crippen LogP contribution is -1.79. The number of phenolic OH excluding ortho intramolecular Hbond substituents is 1. The lowest BCUT2D eigenvalue weighted by molar-refractivity contribution is 0.477. The average molecular weight is 320 g/mol. The normalized spacial score (nSPS) is 11.0. The minimum atomic E-state index is 0.251. The highest BCUT2D eigenvalue weighted by molar-refractivity contribution is 9.10. The first-order chi connectivity index (χ1) is 8.65. The standard InChI is InChI=1S/C14H10BrNOS/c1-8-3-2-4-12-13(8)16-14(18-12)10-6-5-9(15)7-11(10)17/h2-7,17H,1H3. The SMILES string of the molecule is Cc1cccc2sc(-c3ccc(Br)cc3O)nc12. The molecule has 0 fully saturated rings. The third-order valence-electron chi connectivity index (χ3n) is 2.81. The monoisotopic (exact) mass is 319 g/mol. The Morgan fingerprint density at radius 2 is 2.06 bits per heavy atom. The molecular weight excluding hydrogens is 310 g/mol. The van der Waals surface area contributed by atoms with Crippen LogP contribution in [-0.2, 0) is 0 Å². The average Bonchev–Trinajstić information content (AvgIpc) is 2.74. The summed E-state index contributed by atoms with van der Waals surface area (Å²) in [5.74, 6) is 0.251. The van der Waals surface area contributed by atoms with Crippen LogP contribution in [0.5, 0.6) is 5.75 Å². The molecule has 0 aliphatic rings. The van der Waals surface area contributed by atoms with Gasteiger partial charge in [-0.15, -0.1) is 11.3 Å². The van der Waals surface area contributed by atoms with Crippen LogP contribution in [0.3, 0.4) is 0 Å². The summed E-state index contributed by atoms with van der Waals surface area (Å²) in [6, 6.07) is 11.6. The number of benzene rings is 2. The molecule has 0 atom stereocenters. The second kappa shape index (κ2) is 4.37. The molecule has 0 saturated carbocycles. The summed E-state index contributed by atoms with van der Waals surface area (Å²) < 4.78 is 2.01. The summed E-state index contributed by atoms with van der Waals surface area (Å²) in [6.07, 6.45) is 0. The number of aromatic hydroxyl groups is 1. The summed E-state index contributed by atoms with van der Waals surface area (Å²) in [4.78, 5) is 4.62. The molecule has 0 aliphatic heterocycles. The van der Waals surface area contributed by atoms with Crippen molar-refractivity contribution in [1.29, 1.82) is 0 Å². The van der Waals surface area contributed by atoms with Crippen molar-refractivity contribution in [3.8, 4) is 16.3 Å². The van der Waals surface area contributed by atoms with E-state index in [0.717, 1.165) is 30.8 Å². The molecule has 2 aromatic carbocycles. The van der Waals surface area contributed by atoms with Crippen LogP contribution in [0.4, 0.5) is 0 Å². The molecule has 1 aromatic heterocycles. The summed E-state index contributed by atoms with van der Waals surface area (Å²) in [6.45, 7) is 2.05. The number of para-hydroxylation sites is 1. The number of aromatic nitrogens is 1. The van der Waals surface area contributed by atoms with Crippen molar-refractivity contribution in [3.63, 3.8) is 0 Å². The van der Waals surface area contributed by atoms with Gasteiger partial charge in [0.1, 0.15) is 10.8 Å². The van der Waals surface area contributed by atoms with Gasteiger partial charge in [0.25, 0.3) is 0 Å². The Kier molecular flexibility index (Phi) is 2.84. The Morgan fingerprint density at radius 1 is 1.22 bits per heavy atom. The molecule has 0 amide bonds. The number of hydrogen-bond acceptors (Lipinski definition) is 3. The van der Waals surface area contributed by atoms with Gasteiger partial charge in [0.05, 0.1) is 15.8 Å². The minimum absolute atomic E-state index is 0.251. The van der Waals surface area contributed by atoms with Crippen LogP contribution in [-0.4, -0.2) is 10.1 Å². The van der Waals surface area contributed by atoms with Gasteiger partial charge in [-0.1, -0.05) is 28.1 Å². The van der Waals surface area contributed by atoms with Gasteiger partial charge >= 0.3 is 0 Å².